The van der Waals surface area contributed by atoms with Crippen LogP contribution in [0.4, 0.5) is 0 Å². The molecule has 112 valence electrons. The van der Waals surface area contributed by atoms with E-state index < -0.39 is 11.4 Å². The maximum atomic E-state index is 11.9. The van der Waals surface area contributed by atoms with Crippen LogP contribution in [0.25, 0.3) is 11.0 Å². The Morgan fingerprint density at radius 1 is 1.29 bits per heavy atom. The number of rotatable bonds is 3. The Kier molecular flexibility index (Phi) is 3.70. The molecule has 4 heteroatoms. The minimum atomic E-state index is -0.666. The summed E-state index contributed by atoms with van der Waals surface area (Å²) in [6, 6.07) is 6.09. The summed E-state index contributed by atoms with van der Waals surface area (Å²) in [5.74, 6) is 0.140. The molecule has 1 heterocycles. The van der Waals surface area contributed by atoms with Crippen molar-refractivity contribution in [2.24, 2.45) is 5.41 Å². The molecular formula is C17H22N2O2. The fraction of sp³-hybridized carbons (Fsp3) is 0.529. The fourth-order valence-electron chi connectivity index (χ4n) is 3.45. The van der Waals surface area contributed by atoms with Gasteiger partial charge < -0.3 is 10.1 Å². The maximum absolute atomic E-state index is 11.9. The first-order valence-corrected chi connectivity index (χ1v) is 7.78. The number of carboxylic acid groups (broad SMARTS) is 1. The van der Waals surface area contributed by atoms with Gasteiger partial charge in [0.25, 0.3) is 0 Å². The third-order valence-electron chi connectivity index (χ3n) is 4.71. The molecule has 0 unspecified atom stereocenters. The average molecular weight is 286 g/mol. The second kappa shape index (κ2) is 5.51. The van der Waals surface area contributed by atoms with Crippen molar-refractivity contribution in [3.05, 3.63) is 29.6 Å². The SMILES string of the molecule is Cc1ccc2nc(CC3(C(=O)O)CCCCCC3)[nH]c2c1. The van der Waals surface area contributed by atoms with Gasteiger partial charge in [-0.15, -0.1) is 0 Å². The number of aliphatic carboxylic acids is 1. The van der Waals surface area contributed by atoms with Crippen LogP contribution in [0, 0.1) is 12.3 Å². The number of aromatic amines is 1. The van der Waals surface area contributed by atoms with Gasteiger partial charge in [-0.2, -0.15) is 0 Å². The van der Waals surface area contributed by atoms with Crippen molar-refractivity contribution in [1.29, 1.82) is 0 Å². The number of hydrogen-bond donors (Lipinski definition) is 2. The summed E-state index contributed by atoms with van der Waals surface area (Å²) in [6.07, 6.45) is 6.34. The summed E-state index contributed by atoms with van der Waals surface area (Å²) < 4.78 is 0. The first-order chi connectivity index (χ1) is 10.1. The highest BCUT2D eigenvalue weighted by molar-refractivity contribution is 5.77. The molecule has 1 aromatic carbocycles. The number of nitrogens with zero attached hydrogens (tertiary/aromatic N) is 1. The van der Waals surface area contributed by atoms with Crippen LogP contribution in [0.15, 0.2) is 18.2 Å². The summed E-state index contributed by atoms with van der Waals surface area (Å²) in [7, 11) is 0. The molecule has 0 radical (unpaired) electrons. The number of carboxylic acids is 1. The number of imidazole rings is 1. The van der Waals surface area contributed by atoms with E-state index in [-0.39, 0.29) is 0 Å². The summed E-state index contributed by atoms with van der Waals surface area (Å²) >= 11 is 0. The van der Waals surface area contributed by atoms with Crippen LogP contribution in [-0.2, 0) is 11.2 Å². The maximum Gasteiger partial charge on any atom is 0.310 e. The highest BCUT2D eigenvalue weighted by atomic mass is 16.4. The molecule has 1 aromatic heterocycles. The molecule has 0 amide bonds. The van der Waals surface area contributed by atoms with Crippen molar-refractivity contribution < 1.29 is 9.90 Å². The Balaban J connectivity index is 1.91. The van der Waals surface area contributed by atoms with E-state index in [0.717, 1.165) is 55.4 Å². The fourth-order valence-corrected chi connectivity index (χ4v) is 3.45. The van der Waals surface area contributed by atoms with Crippen molar-refractivity contribution in [3.63, 3.8) is 0 Å². The molecule has 4 nitrogen and oxygen atoms in total. The lowest BCUT2D eigenvalue weighted by Crippen LogP contribution is -2.33. The van der Waals surface area contributed by atoms with Crippen LogP contribution in [0.1, 0.15) is 49.9 Å². The van der Waals surface area contributed by atoms with Gasteiger partial charge in [-0.05, 0) is 37.5 Å². The zero-order valence-electron chi connectivity index (χ0n) is 12.5. The van der Waals surface area contributed by atoms with Crippen molar-refractivity contribution >= 4 is 17.0 Å². The van der Waals surface area contributed by atoms with E-state index in [2.05, 4.69) is 16.0 Å². The molecule has 0 atom stereocenters. The third-order valence-corrected chi connectivity index (χ3v) is 4.71. The van der Waals surface area contributed by atoms with E-state index in [9.17, 15) is 9.90 Å². The van der Waals surface area contributed by atoms with Gasteiger partial charge in [-0.3, -0.25) is 4.79 Å². The number of fused-ring (bicyclic) bond motifs is 1. The Hall–Kier alpha value is -1.84. The Labute approximate surface area is 124 Å². The van der Waals surface area contributed by atoms with Crippen LogP contribution >= 0.6 is 0 Å². The Morgan fingerprint density at radius 3 is 2.67 bits per heavy atom. The lowest BCUT2D eigenvalue weighted by molar-refractivity contribution is -0.150. The normalized spacial score (nSPS) is 18.5. The lowest BCUT2D eigenvalue weighted by atomic mass is 9.77. The molecule has 0 aliphatic heterocycles. The van der Waals surface area contributed by atoms with Crippen LogP contribution in [0.5, 0.6) is 0 Å². The van der Waals surface area contributed by atoms with Gasteiger partial charge in [0.05, 0.1) is 16.4 Å². The third kappa shape index (κ3) is 2.80. The molecule has 0 saturated heterocycles. The molecule has 1 saturated carbocycles. The molecule has 3 rings (SSSR count). The number of hydrogen-bond acceptors (Lipinski definition) is 2. The molecule has 0 spiro atoms. The molecule has 1 aliphatic rings. The predicted octanol–water partition coefficient (Wildman–Crippen LogP) is 3.84. The van der Waals surface area contributed by atoms with Gasteiger partial charge >= 0.3 is 5.97 Å². The smallest absolute Gasteiger partial charge is 0.310 e. The quantitative estimate of drug-likeness (QED) is 0.842. The van der Waals surface area contributed by atoms with E-state index in [1.165, 1.54) is 5.56 Å². The first-order valence-electron chi connectivity index (χ1n) is 7.78. The van der Waals surface area contributed by atoms with E-state index >= 15 is 0 Å². The van der Waals surface area contributed by atoms with Gasteiger partial charge in [-0.1, -0.05) is 31.7 Å². The minimum Gasteiger partial charge on any atom is -0.481 e. The van der Waals surface area contributed by atoms with Crippen LogP contribution in [0.3, 0.4) is 0 Å². The monoisotopic (exact) mass is 286 g/mol. The molecule has 2 N–H and O–H groups in total. The van der Waals surface area contributed by atoms with Crippen molar-refractivity contribution in [3.8, 4) is 0 Å². The van der Waals surface area contributed by atoms with Crippen LogP contribution in [0.2, 0.25) is 0 Å². The molecular weight excluding hydrogens is 264 g/mol. The summed E-state index contributed by atoms with van der Waals surface area (Å²) in [5.41, 5.74) is 2.46. The average Bonchev–Trinajstić information content (AvgIpc) is 2.67. The number of nitrogens with one attached hydrogen (secondary N) is 1. The number of aryl methyl sites for hydroxylation is 1. The number of benzene rings is 1. The van der Waals surface area contributed by atoms with E-state index in [1.807, 2.05) is 19.1 Å². The Bertz CT molecular complexity index is 652. The van der Waals surface area contributed by atoms with E-state index in [0.29, 0.717) is 6.42 Å². The highest BCUT2D eigenvalue weighted by Gasteiger charge is 2.39. The summed E-state index contributed by atoms with van der Waals surface area (Å²) in [4.78, 5) is 19.8. The van der Waals surface area contributed by atoms with Gasteiger partial charge in [0, 0.05) is 6.42 Å². The van der Waals surface area contributed by atoms with Crippen molar-refractivity contribution in [1.82, 2.24) is 9.97 Å². The second-order valence-electron chi connectivity index (χ2n) is 6.38. The molecule has 21 heavy (non-hydrogen) atoms. The van der Waals surface area contributed by atoms with Gasteiger partial charge in [0.15, 0.2) is 0 Å². The highest BCUT2D eigenvalue weighted by Crippen LogP contribution is 2.38. The minimum absolute atomic E-state index is 0.510. The van der Waals surface area contributed by atoms with Crippen molar-refractivity contribution in [2.45, 2.75) is 51.9 Å². The van der Waals surface area contributed by atoms with Gasteiger partial charge in [0.1, 0.15) is 5.82 Å². The molecule has 1 aliphatic carbocycles. The Morgan fingerprint density at radius 2 is 2.00 bits per heavy atom. The molecule has 2 aromatic rings. The summed E-state index contributed by atoms with van der Waals surface area (Å²) in [5, 5.41) is 9.75. The summed E-state index contributed by atoms with van der Waals surface area (Å²) in [6.45, 7) is 2.05. The number of H-pyrrole nitrogens is 1. The zero-order chi connectivity index (χ0) is 14.9. The van der Waals surface area contributed by atoms with Crippen LogP contribution in [-0.4, -0.2) is 21.0 Å². The van der Waals surface area contributed by atoms with Gasteiger partial charge in [0.2, 0.25) is 0 Å². The van der Waals surface area contributed by atoms with E-state index in [1.54, 1.807) is 0 Å². The second-order valence-corrected chi connectivity index (χ2v) is 6.38. The van der Waals surface area contributed by atoms with E-state index in [4.69, 9.17) is 0 Å². The first kappa shape index (κ1) is 14.1. The van der Waals surface area contributed by atoms with Crippen molar-refractivity contribution in [2.75, 3.05) is 0 Å². The predicted molar refractivity (Wildman–Crippen MR) is 82.3 cm³/mol. The topological polar surface area (TPSA) is 66.0 Å². The molecule has 1 fully saturated rings. The molecule has 0 bridgehead atoms. The zero-order valence-corrected chi connectivity index (χ0v) is 12.5. The van der Waals surface area contributed by atoms with Crippen LogP contribution < -0.4 is 0 Å². The standard InChI is InChI=1S/C17H22N2O2/c1-12-6-7-13-14(10-12)19-15(18-13)11-17(16(20)21)8-4-2-3-5-9-17/h6-7,10H,2-5,8-9,11H2,1H3,(H,18,19)(H,20,21). The number of carbonyl (C=O) groups is 1. The van der Waals surface area contributed by atoms with Gasteiger partial charge in [-0.25, -0.2) is 4.98 Å². The lowest BCUT2D eigenvalue weighted by Gasteiger charge is -2.26. The largest absolute Gasteiger partial charge is 0.481 e. The number of aromatic nitrogens is 2.